The Kier molecular flexibility index (Phi) is 3.13. The van der Waals surface area contributed by atoms with Crippen LogP contribution < -0.4 is 5.73 Å². The van der Waals surface area contributed by atoms with E-state index in [2.05, 4.69) is 55.3 Å². The summed E-state index contributed by atoms with van der Waals surface area (Å²) in [5.41, 5.74) is 9.30. The summed E-state index contributed by atoms with van der Waals surface area (Å²) >= 11 is 0. The largest absolute Gasteiger partial charge is 0.381 e. The fourth-order valence-corrected chi connectivity index (χ4v) is 1.91. The Bertz CT molecular complexity index is 497. The van der Waals surface area contributed by atoms with Crippen LogP contribution >= 0.6 is 0 Å². The van der Waals surface area contributed by atoms with E-state index < -0.39 is 0 Å². The molecule has 2 aromatic rings. The number of hydrogen-bond acceptors (Lipinski definition) is 3. The maximum Gasteiger partial charge on any atom is 0.169 e. The van der Waals surface area contributed by atoms with Crippen LogP contribution in [0.4, 0.5) is 5.82 Å². The summed E-state index contributed by atoms with van der Waals surface area (Å²) in [5.74, 6) is 0.863. The molecule has 1 aromatic carbocycles. The van der Waals surface area contributed by atoms with Crippen LogP contribution in [0.15, 0.2) is 24.3 Å². The standard InChI is InChI=1S/C13H18N4/c1-9(2)12-13(14)15-16-17(12)8-11-6-4-10(3)5-7-11/h4-7,9H,8,14H2,1-3H3. The molecule has 0 saturated carbocycles. The molecule has 2 N–H and O–H groups in total. The fraction of sp³-hybridized carbons (Fsp3) is 0.385. The molecule has 0 aliphatic heterocycles. The number of nitrogens with two attached hydrogens (primary N) is 1. The maximum absolute atomic E-state index is 5.83. The molecule has 4 heteroatoms. The molecule has 0 unspecified atom stereocenters. The van der Waals surface area contributed by atoms with Crippen molar-refractivity contribution in [1.82, 2.24) is 15.0 Å². The Hall–Kier alpha value is -1.84. The lowest BCUT2D eigenvalue weighted by Crippen LogP contribution is -2.08. The third-order valence-electron chi connectivity index (χ3n) is 2.80. The highest BCUT2D eigenvalue weighted by Gasteiger charge is 2.13. The third-order valence-corrected chi connectivity index (χ3v) is 2.80. The lowest BCUT2D eigenvalue weighted by molar-refractivity contribution is 0.598. The van der Waals surface area contributed by atoms with Crippen LogP contribution in [0.5, 0.6) is 0 Å². The van der Waals surface area contributed by atoms with E-state index in [1.165, 1.54) is 11.1 Å². The number of anilines is 1. The molecule has 0 fully saturated rings. The van der Waals surface area contributed by atoms with Crippen LogP contribution in [0.1, 0.15) is 36.6 Å². The minimum Gasteiger partial charge on any atom is -0.381 e. The van der Waals surface area contributed by atoms with Crippen LogP contribution in [-0.2, 0) is 6.54 Å². The number of nitrogens with zero attached hydrogens (tertiary/aromatic N) is 3. The molecule has 1 heterocycles. The average Bonchev–Trinajstić information content (AvgIpc) is 2.63. The first-order valence-corrected chi connectivity index (χ1v) is 5.82. The molecule has 0 saturated heterocycles. The molecule has 1 aromatic heterocycles. The van der Waals surface area contributed by atoms with Gasteiger partial charge in [-0.3, -0.25) is 0 Å². The minimum atomic E-state index is 0.329. The van der Waals surface area contributed by atoms with E-state index in [1.54, 1.807) is 0 Å². The summed E-state index contributed by atoms with van der Waals surface area (Å²) in [6, 6.07) is 8.42. The number of hydrogen-bond donors (Lipinski definition) is 1. The fourth-order valence-electron chi connectivity index (χ4n) is 1.91. The molecule has 0 spiro atoms. The van der Waals surface area contributed by atoms with Crippen molar-refractivity contribution in [3.8, 4) is 0 Å². The number of benzene rings is 1. The van der Waals surface area contributed by atoms with Gasteiger partial charge in [0.25, 0.3) is 0 Å². The van der Waals surface area contributed by atoms with E-state index in [0.717, 1.165) is 12.2 Å². The summed E-state index contributed by atoms with van der Waals surface area (Å²) < 4.78 is 1.88. The predicted octanol–water partition coefficient (Wildman–Crippen LogP) is 2.34. The number of rotatable bonds is 3. The van der Waals surface area contributed by atoms with Gasteiger partial charge in [0.05, 0.1) is 12.2 Å². The third kappa shape index (κ3) is 2.46. The molecule has 4 nitrogen and oxygen atoms in total. The Labute approximate surface area is 101 Å². The van der Waals surface area contributed by atoms with Gasteiger partial charge in [-0.1, -0.05) is 48.9 Å². The molecule has 0 aliphatic rings. The summed E-state index contributed by atoms with van der Waals surface area (Å²) in [5, 5.41) is 8.04. The van der Waals surface area contributed by atoms with Gasteiger partial charge in [-0.15, -0.1) is 5.10 Å². The summed E-state index contributed by atoms with van der Waals surface area (Å²) in [7, 11) is 0. The van der Waals surface area contributed by atoms with Gasteiger partial charge in [-0.25, -0.2) is 4.68 Å². The van der Waals surface area contributed by atoms with Gasteiger partial charge in [-0.05, 0) is 18.4 Å². The quantitative estimate of drug-likeness (QED) is 0.880. The van der Waals surface area contributed by atoms with Crippen molar-refractivity contribution < 1.29 is 0 Å². The Morgan fingerprint density at radius 1 is 1.24 bits per heavy atom. The zero-order valence-corrected chi connectivity index (χ0v) is 10.5. The average molecular weight is 230 g/mol. The second kappa shape index (κ2) is 4.57. The van der Waals surface area contributed by atoms with Crippen molar-refractivity contribution in [3.63, 3.8) is 0 Å². The number of aryl methyl sites for hydroxylation is 1. The lowest BCUT2D eigenvalue weighted by atomic mass is 10.1. The van der Waals surface area contributed by atoms with Gasteiger partial charge in [-0.2, -0.15) is 0 Å². The second-order valence-electron chi connectivity index (χ2n) is 4.66. The zero-order valence-electron chi connectivity index (χ0n) is 10.5. The van der Waals surface area contributed by atoms with E-state index in [1.807, 2.05) is 4.68 Å². The Balaban J connectivity index is 2.27. The van der Waals surface area contributed by atoms with Gasteiger partial charge in [0.15, 0.2) is 5.82 Å². The highest BCUT2D eigenvalue weighted by molar-refractivity contribution is 5.35. The Morgan fingerprint density at radius 2 is 1.88 bits per heavy atom. The monoisotopic (exact) mass is 230 g/mol. The first-order chi connectivity index (χ1) is 8.08. The molecule has 0 aliphatic carbocycles. The molecule has 0 amide bonds. The second-order valence-corrected chi connectivity index (χ2v) is 4.66. The van der Waals surface area contributed by atoms with Crippen molar-refractivity contribution in [1.29, 1.82) is 0 Å². The topological polar surface area (TPSA) is 56.7 Å². The lowest BCUT2D eigenvalue weighted by Gasteiger charge is -2.09. The molecule has 17 heavy (non-hydrogen) atoms. The van der Waals surface area contributed by atoms with E-state index in [0.29, 0.717) is 11.7 Å². The minimum absolute atomic E-state index is 0.329. The van der Waals surface area contributed by atoms with Crippen LogP contribution in [0, 0.1) is 6.92 Å². The number of nitrogen functional groups attached to an aromatic ring is 1. The van der Waals surface area contributed by atoms with Gasteiger partial charge in [0, 0.05) is 0 Å². The van der Waals surface area contributed by atoms with Gasteiger partial charge < -0.3 is 5.73 Å². The van der Waals surface area contributed by atoms with Gasteiger partial charge >= 0.3 is 0 Å². The highest BCUT2D eigenvalue weighted by atomic mass is 15.4. The first kappa shape index (κ1) is 11.6. The SMILES string of the molecule is Cc1ccc(Cn2nnc(N)c2C(C)C)cc1. The smallest absolute Gasteiger partial charge is 0.169 e. The van der Waals surface area contributed by atoms with E-state index in [-0.39, 0.29) is 0 Å². The van der Waals surface area contributed by atoms with Crippen LogP contribution in [0.25, 0.3) is 0 Å². The highest BCUT2D eigenvalue weighted by Crippen LogP contribution is 2.20. The van der Waals surface area contributed by atoms with Crippen molar-refractivity contribution >= 4 is 5.82 Å². The molecule has 90 valence electrons. The zero-order chi connectivity index (χ0) is 12.4. The van der Waals surface area contributed by atoms with Crippen molar-refractivity contribution in [3.05, 3.63) is 41.1 Å². The Morgan fingerprint density at radius 3 is 2.47 bits per heavy atom. The van der Waals surface area contributed by atoms with Crippen molar-refractivity contribution in [2.45, 2.75) is 33.2 Å². The molecule has 0 atom stereocenters. The van der Waals surface area contributed by atoms with Crippen molar-refractivity contribution in [2.75, 3.05) is 5.73 Å². The molecule has 0 radical (unpaired) electrons. The molecular weight excluding hydrogens is 212 g/mol. The normalized spacial score (nSPS) is 11.1. The molecular formula is C13H18N4. The van der Waals surface area contributed by atoms with E-state index >= 15 is 0 Å². The maximum atomic E-state index is 5.83. The first-order valence-electron chi connectivity index (χ1n) is 5.82. The van der Waals surface area contributed by atoms with Crippen LogP contribution in [0.2, 0.25) is 0 Å². The van der Waals surface area contributed by atoms with Crippen molar-refractivity contribution in [2.24, 2.45) is 0 Å². The summed E-state index contributed by atoms with van der Waals surface area (Å²) in [6.07, 6.45) is 0. The number of aromatic nitrogens is 3. The van der Waals surface area contributed by atoms with Crippen LogP contribution in [0.3, 0.4) is 0 Å². The van der Waals surface area contributed by atoms with E-state index in [9.17, 15) is 0 Å². The van der Waals surface area contributed by atoms with Crippen LogP contribution in [-0.4, -0.2) is 15.0 Å². The van der Waals surface area contributed by atoms with E-state index in [4.69, 9.17) is 5.73 Å². The summed E-state index contributed by atoms with van der Waals surface area (Å²) in [6.45, 7) is 7.00. The predicted molar refractivity (Wildman–Crippen MR) is 68.8 cm³/mol. The molecule has 0 bridgehead atoms. The van der Waals surface area contributed by atoms with Gasteiger partial charge in [0.2, 0.25) is 0 Å². The summed E-state index contributed by atoms with van der Waals surface area (Å²) in [4.78, 5) is 0. The molecule has 2 rings (SSSR count). The van der Waals surface area contributed by atoms with Gasteiger partial charge in [0.1, 0.15) is 0 Å².